The lowest BCUT2D eigenvalue weighted by atomic mass is 10.0. The average Bonchev–Trinajstić information content (AvgIpc) is 2.66. The van der Waals surface area contributed by atoms with Crippen LogP contribution < -0.4 is 15.2 Å². The van der Waals surface area contributed by atoms with Gasteiger partial charge < -0.3 is 15.2 Å². The van der Waals surface area contributed by atoms with Gasteiger partial charge in [0.2, 0.25) is 0 Å². The van der Waals surface area contributed by atoms with Crippen LogP contribution in [0.25, 0.3) is 5.57 Å². The van der Waals surface area contributed by atoms with Gasteiger partial charge in [-0.2, -0.15) is 0 Å². The van der Waals surface area contributed by atoms with Crippen LogP contribution in [0.3, 0.4) is 0 Å². The van der Waals surface area contributed by atoms with Crippen LogP contribution in [0, 0.1) is 0 Å². The van der Waals surface area contributed by atoms with Gasteiger partial charge in [-0.15, -0.1) is 0 Å². The number of ether oxygens (including phenoxy) is 2. The second kappa shape index (κ2) is 7.34. The molecule has 0 spiro atoms. The molecular formula is C17H25NO2. The lowest BCUT2D eigenvalue weighted by Gasteiger charge is -2.14. The Bertz CT molecular complexity index is 468. The molecule has 1 aromatic rings. The van der Waals surface area contributed by atoms with Gasteiger partial charge in [0, 0.05) is 6.04 Å². The first-order valence-corrected chi connectivity index (χ1v) is 7.60. The fourth-order valence-corrected chi connectivity index (χ4v) is 2.61. The fourth-order valence-electron chi connectivity index (χ4n) is 2.61. The van der Waals surface area contributed by atoms with Crippen LogP contribution in [0.2, 0.25) is 0 Å². The van der Waals surface area contributed by atoms with Gasteiger partial charge in [0.05, 0.1) is 13.2 Å². The van der Waals surface area contributed by atoms with Crippen molar-refractivity contribution in [2.75, 3.05) is 13.2 Å². The van der Waals surface area contributed by atoms with Crippen molar-refractivity contribution in [2.45, 2.75) is 45.6 Å². The van der Waals surface area contributed by atoms with Gasteiger partial charge in [0.25, 0.3) is 0 Å². The van der Waals surface area contributed by atoms with E-state index in [2.05, 4.69) is 18.2 Å². The van der Waals surface area contributed by atoms with Crippen LogP contribution in [0.4, 0.5) is 0 Å². The summed E-state index contributed by atoms with van der Waals surface area (Å²) in [5, 5.41) is 0. The number of allylic oxidation sites excluding steroid dienone is 1. The molecule has 0 saturated carbocycles. The molecule has 0 saturated heterocycles. The van der Waals surface area contributed by atoms with E-state index in [0.29, 0.717) is 13.2 Å². The summed E-state index contributed by atoms with van der Waals surface area (Å²) in [6.45, 7) is 5.26. The van der Waals surface area contributed by atoms with Gasteiger partial charge in [-0.05, 0) is 56.4 Å². The minimum absolute atomic E-state index is 0.176. The predicted octanol–water partition coefficient (Wildman–Crippen LogP) is 3.77. The number of hydrogen-bond donors (Lipinski definition) is 1. The Hall–Kier alpha value is -1.48. The molecule has 2 N–H and O–H groups in total. The molecule has 20 heavy (non-hydrogen) atoms. The minimum atomic E-state index is 0.176. The van der Waals surface area contributed by atoms with E-state index in [9.17, 15) is 0 Å². The Balaban J connectivity index is 2.29. The van der Waals surface area contributed by atoms with Crippen LogP contribution in [0.15, 0.2) is 24.3 Å². The van der Waals surface area contributed by atoms with E-state index < -0.39 is 0 Å². The van der Waals surface area contributed by atoms with Crippen molar-refractivity contribution in [1.82, 2.24) is 0 Å². The highest BCUT2D eigenvalue weighted by Crippen LogP contribution is 2.33. The third kappa shape index (κ3) is 3.76. The highest BCUT2D eigenvalue weighted by molar-refractivity contribution is 5.69. The third-order valence-electron chi connectivity index (χ3n) is 3.56. The normalized spacial score (nSPS) is 19.1. The zero-order valence-electron chi connectivity index (χ0n) is 12.5. The van der Waals surface area contributed by atoms with E-state index in [1.807, 2.05) is 19.9 Å². The first kappa shape index (κ1) is 14.9. The molecule has 1 aliphatic carbocycles. The minimum Gasteiger partial charge on any atom is -0.490 e. The Kier molecular flexibility index (Phi) is 5.48. The van der Waals surface area contributed by atoms with Gasteiger partial charge in [0.15, 0.2) is 11.5 Å². The quantitative estimate of drug-likeness (QED) is 0.889. The molecule has 0 amide bonds. The van der Waals surface area contributed by atoms with Crippen molar-refractivity contribution >= 4 is 5.57 Å². The number of hydrogen-bond acceptors (Lipinski definition) is 3. The predicted molar refractivity (Wildman–Crippen MR) is 83.2 cm³/mol. The van der Waals surface area contributed by atoms with E-state index in [1.165, 1.54) is 24.0 Å². The highest BCUT2D eigenvalue weighted by Gasteiger charge is 2.13. The summed E-state index contributed by atoms with van der Waals surface area (Å²) in [7, 11) is 0. The van der Waals surface area contributed by atoms with Crippen molar-refractivity contribution < 1.29 is 9.47 Å². The first-order valence-electron chi connectivity index (χ1n) is 7.60. The molecule has 3 heteroatoms. The monoisotopic (exact) mass is 275 g/mol. The maximum absolute atomic E-state index is 6.10. The lowest BCUT2D eigenvalue weighted by Crippen LogP contribution is -2.15. The molecule has 0 aliphatic heterocycles. The molecule has 1 unspecified atom stereocenters. The molecule has 3 nitrogen and oxygen atoms in total. The SMILES string of the molecule is CCOc1ccc(C2=CC(N)CCCC2)cc1OCC. The topological polar surface area (TPSA) is 44.5 Å². The molecule has 0 aromatic heterocycles. The van der Waals surface area contributed by atoms with Crippen LogP contribution in [-0.4, -0.2) is 19.3 Å². The third-order valence-corrected chi connectivity index (χ3v) is 3.56. The molecule has 1 aliphatic rings. The summed E-state index contributed by atoms with van der Waals surface area (Å²) in [6.07, 6.45) is 6.79. The summed E-state index contributed by atoms with van der Waals surface area (Å²) in [4.78, 5) is 0. The van der Waals surface area contributed by atoms with E-state index in [4.69, 9.17) is 15.2 Å². The molecule has 2 rings (SSSR count). The number of benzene rings is 1. The lowest BCUT2D eigenvalue weighted by molar-refractivity contribution is 0.287. The Morgan fingerprint density at radius 2 is 1.85 bits per heavy atom. The molecule has 0 radical (unpaired) electrons. The molecule has 0 heterocycles. The summed E-state index contributed by atoms with van der Waals surface area (Å²) in [5.41, 5.74) is 8.64. The van der Waals surface area contributed by atoms with E-state index >= 15 is 0 Å². The summed E-state index contributed by atoms with van der Waals surface area (Å²) in [6, 6.07) is 6.37. The van der Waals surface area contributed by atoms with Crippen LogP contribution in [0.1, 0.15) is 45.1 Å². The summed E-state index contributed by atoms with van der Waals surface area (Å²) in [5.74, 6) is 1.64. The second-order valence-corrected chi connectivity index (χ2v) is 5.13. The van der Waals surface area contributed by atoms with Crippen molar-refractivity contribution in [3.63, 3.8) is 0 Å². The zero-order chi connectivity index (χ0) is 14.4. The van der Waals surface area contributed by atoms with Gasteiger partial charge in [0.1, 0.15) is 0 Å². The maximum Gasteiger partial charge on any atom is 0.161 e. The van der Waals surface area contributed by atoms with Crippen LogP contribution in [0.5, 0.6) is 11.5 Å². The van der Waals surface area contributed by atoms with Crippen molar-refractivity contribution in [3.8, 4) is 11.5 Å². The first-order chi connectivity index (χ1) is 9.74. The van der Waals surface area contributed by atoms with Gasteiger partial charge >= 0.3 is 0 Å². The summed E-state index contributed by atoms with van der Waals surface area (Å²) < 4.78 is 11.3. The van der Waals surface area contributed by atoms with Gasteiger partial charge in [-0.3, -0.25) is 0 Å². The number of nitrogens with two attached hydrogens (primary N) is 1. The molecule has 0 fully saturated rings. The van der Waals surface area contributed by atoms with E-state index in [-0.39, 0.29) is 6.04 Å². The number of rotatable bonds is 5. The molecule has 1 aromatic carbocycles. The Morgan fingerprint density at radius 3 is 2.60 bits per heavy atom. The fraction of sp³-hybridized carbons (Fsp3) is 0.529. The highest BCUT2D eigenvalue weighted by atomic mass is 16.5. The standard InChI is InChI=1S/C17H25NO2/c1-3-19-16-10-9-14(12-17(16)20-4-2)13-7-5-6-8-15(18)11-13/h9-12,15H,3-8,18H2,1-2H3. The Labute approximate surface area is 121 Å². The van der Waals surface area contributed by atoms with Crippen molar-refractivity contribution in [2.24, 2.45) is 5.73 Å². The molecule has 1 atom stereocenters. The zero-order valence-corrected chi connectivity index (χ0v) is 12.5. The van der Waals surface area contributed by atoms with E-state index in [1.54, 1.807) is 0 Å². The smallest absolute Gasteiger partial charge is 0.161 e. The van der Waals surface area contributed by atoms with Gasteiger partial charge in [-0.1, -0.05) is 18.6 Å². The van der Waals surface area contributed by atoms with Crippen molar-refractivity contribution in [3.05, 3.63) is 29.8 Å². The molecular weight excluding hydrogens is 250 g/mol. The van der Waals surface area contributed by atoms with Crippen LogP contribution >= 0.6 is 0 Å². The Morgan fingerprint density at radius 1 is 1.10 bits per heavy atom. The largest absolute Gasteiger partial charge is 0.490 e. The van der Waals surface area contributed by atoms with Crippen molar-refractivity contribution in [1.29, 1.82) is 0 Å². The summed E-state index contributed by atoms with van der Waals surface area (Å²) >= 11 is 0. The van der Waals surface area contributed by atoms with Gasteiger partial charge in [-0.25, -0.2) is 0 Å². The van der Waals surface area contributed by atoms with Crippen LogP contribution in [-0.2, 0) is 0 Å². The molecule has 110 valence electrons. The average molecular weight is 275 g/mol. The maximum atomic E-state index is 6.10. The van der Waals surface area contributed by atoms with E-state index in [0.717, 1.165) is 24.3 Å². The molecule has 0 bridgehead atoms. The second-order valence-electron chi connectivity index (χ2n) is 5.13.